The number of hydrogen-bond acceptors (Lipinski definition) is 4. The third kappa shape index (κ3) is 2.89. The van der Waals surface area contributed by atoms with Crippen molar-refractivity contribution in [3.63, 3.8) is 0 Å². The number of H-pyrrole nitrogens is 1. The topological polar surface area (TPSA) is 80.4 Å². The fourth-order valence-electron chi connectivity index (χ4n) is 2.11. The molecule has 21 heavy (non-hydrogen) atoms. The van der Waals surface area contributed by atoms with Gasteiger partial charge in [0.25, 0.3) is 11.5 Å². The molecule has 1 aromatic heterocycles. The number of carbonyl (C=O) groups is 1. The first-order valence-electron chi connectivity index (χ1n) is 6.58. The van der Waals surface area contributed by atoms with Crippen molar-refractivity contribution in [1.29, 1.82) is 0 Å². The Hall–Kier alpha value is -2.76. The van der Waals surface area contributed by atoms with Crippen molar-refractivity contribution in [2.45, 2.75) is 6.42 Å². The first-order chi connectivity index (χ1) is 10.2. The van der Waals surface area contributed by atoms with Crippen molar-refractivity contribution >= 4 is 5.91 Å². The van der Waals surface area contributed by atoms with E-state index >= 15 is 0 Å². The Morgan fingerprint density at radius 1 is 1.24 bits per heavy atom. The molecule has 0 spiro atoms. The second-order valence-corrected chi connectivity index (χ2v) is 4.61. The van der Waals surface area contributed by atoms with Crippen LogP contribution in [-0.2, 0) is 6.42 Å². The maximum atomic E-state index is 11.9. The monoisotopic (exact) mass is 286 g/mol. The number of benzene rings is 1. The maximum absolute atomic E-state index is 11.9. The van der Waals surface area contributed by atoms with E-state index in [-0.39, 0.29) is 18.3 Å². The van der Waals surface area contributed by atoms with Gasteiger partial charge >= 0.3 is 0 Å². The van der Waals surface area contributed by atoms with Gasteiger partial charge in [-0.2, -0.15) is 0 Å². The van der Waals surface area contributed by atoms with Crippen LogP contribution in [0.3, 0.4) is 0 Å². The molecule has 0 fully saturated rings. The lowest BCUT2D eigenvalue weighted by molar-refractivity contribution is 0.0952. The summed E-state index contributed by atoms with van der Waals surface area (Å²) in [7, 11) is 0. The molecule has 0 aliphatic carbocycles. The number of nitrogens with one attached hydrogen (secondary N) is 2. The molecule has 2 aromatic rings. The van der Waals surface area contributed by atoms with Crippen LogP contribution >= 0.6 is 0 Å². The fourth-order valence-corrected chi connectivity index (χ4v) is 2.11. The lowest BCUT2D eigenvalue weighted by atomic mass is 10.1. The summed E-state index contributed by atoms with van der Waals surface area (Å²) in [6.45, 7) is 0.680. The number of ether oxygens (including phenoxy) is 2. The molecule has 1 aliphatic heterocycles. The Labute approximate surface area is 120 Å². The van der Waals surface area contributed by atoms with Crippen LogP contribution in [0, 0.1) is 0 Å². The Kier molecular flexibility index (Phi) is 3.59. The van der Waals surface area contributed by atoms with Gasteiger partial charge in [0.1, 0.15) is 5.56 Å². The summed E-state index contributed by atoms with van der Waals surface area (Å²) in [5.41, 5.74) is 0.753. The van der Waals surface area contributed by atoms with E-state index in [1.54, 1.807) is 6.07 Å². The third-order valence-corrected chi connectivity index (χ3v) is 3.20. The second-order valence-electron chi connectivity index (χ2n) is 4.61. The summed E-state index contributed by atoms with van der Waals surface area (Å²) in [4.78, 5) is 25.8. The number of fused-ring (bicyclic) bond motifs is 1. The van der Waals surface area contributed by atoms with E-state index < -0.39 is 5.56 Å². The zero-order chi connectivity index (χ0) is 14.7. The zero-order valence-corrected chi connectivity index (χ0v) is 11.2. The van der Waals surface area contributed by atoms with E-state index in [1.165, 1.54) is 12.3 Å². The summed E-state index contributed by atoms with van der Waals surface area (Å²) in [5.74, 6) is 1.08. The molecule has 2 heterocycles. The van der Waals surface area contributed by atoms with Crippen LogP contribution in [0.25, 0.3) is 0 Å². The molecule has 3 rings (SSSR count). The fraction of sp³-hybridized carbons (Fsp3) is 0.200. The standard InChI is InChI=1S/C15H14N2O4/c18-14-11(2-1-6-16-14)15(19)17-7-5-10-3-4-12-13(8-10)21-9-20-12/h1-4,6,8H,5,7,9H2,(H,16,18)(H,17,19). The van der Waals surface area contributed by atoms with Crippen LogP contribution in [0.2, 0.25) is 0 Å². The smallest absolute Gasteiger partial charge is 0.260 e. The molecule has 1 aliphatic rings. The Bertz CT molecular complexity index is 724. The van der Waals surface area contributed by atoms with Gasteiger partial charge in [0.2, 0.25) is 6.79 Å². The van der Waals surface area contributed by atoms with E-state index in [0.717, 1.165) is 17.1 Å². The number of pyridine rings is 1. The van der Waals surface area contributed by atoms with Gasteiger partial charge in [-0.25, -0.2) is 0 Å². The molecule has 0 saturated heterocycles. The van der Waals surface area contributed by atoms with Gasteiger partial charge in [-0.1, -0.05) is 6.07 Å². The number of aromatic amines is 1. The van der Waals surface area contributed by atoms with Crippen molar-refractivity contribution in [3.05, 3.63) is 58.0 Å². The second kappa shape index (κ2) is 5.70. The highest BCUT2D eigenvalue weighted by Crippen LogP contribution is 2.32. The van der Waals surface area contributed by atoms with Crippen molar-refractivity contribution < 1.29 is 14.3 Å². The molecule has 6 nitrogen and oxygen atoms in total. The van der Waals surface area contributed by atoms with Crippen LogP contribution in [0.4, 0.5) is 0 Å². The summed E-state index contributed by atoms with van der Waals surface area (Å²) in [6.07, 6.45) is 2.14. The highest BCUT2D eigenvalue weighted by atomic mass is 16.7. The largest absolute Gasteiger partial charge is 0.454 e. The lowest BCUT2D eigenvalue weighted by Crippen LogP contribution is -2.30. The van der Waals surface area contributed by atoms with E-state index in [2.05, 4.69) is 10.3 Å². The summed E-state index contributed by atoms with van der Waals surface area (Å²) < 4.78 is 10.5. The molecule has 108 valence electrons. The number of carbonyl (C=O) groups excluding carboxylic acids is 1. The van der Waals surface area contributed by atoms with Crippen LogP contribution in [0.15, 0.2) is 41.3 Å². The molecule has 2 N–H and O–H groups in total. The van der Waals surface area contributed by atoms with Gasteiger partial charge < -0.3 is 19.8 Å². The van der Waals surface area contributed by atoms with Crippen LogP contribution in [-0.4, -0.2) is 24.2 Å². The predicted octanol–water partition coefficient (Wildman–Crippen LogP) is 1.08. The molecule has 1 aromatic carbocycles. The summed E-state index contributed by atoms with van der Waals surface area (Å²) >= 11 is 0. The van der Waals surface area contributed by atoms with Crippen LogP contribution < -0.4 is 20.3 Å². The summed E-state index contributed by atoms with van der Waals surface area (Å²) in [5, 5.41) is 2.72. The molecular weight excluding hydrogens is 272 g/mol. The van der Waals surface area contributed by atoms with E-state index in [1.807, 2.05) is 18.2 Å². The Morgan fingerprint density at radius 3 is 2.95 bits per heavy atom. The van der Waals surface area contributed by atoms with Gasteiger partial charge in [0.15, 0.2) is 11.5 Å². The van der Waals surface area contributed by atoms with Crippen LogP contribution in [0.1, 0.15) is 15.9 Å². The lowest BCUT2D eigenvalue weighted by Gasteiger charge is -2.05. The minimum Gasteiger partial charge on any atom is -0.454 e. The maximum Gasteiger partial charge on any atom is 0.260 e. The number of amides is 1. The zero-order valence-electron chi connectivity index (χ0n) is 11.2. The Morgan fingerprint density at radius 2 is 2.10 bits per heavy atom. The van der Waals surface area contributed by atoms with E-state index in [9.17, 15) is 9.59 Å². The number of hydrogen-bond donors (Lipinski definition) is 2. The van der Waals surface area contributed by atoms with Crippen molar-refractivity contribution in [2.24, 2.45) is 0 Å². The van der Waals surface area contributed by atoms with E-state index in [0.29, 0.717) is 13.0 Å². The van der Waals surface area contributed by atoms with E-state index in [4.69, 9.17) is 9.47 Å². The van der Waals surface area contributed by atoms with Crippen molar-refractivity contribution in [1.82, 2.24) is 10.3 Å². The molecule has 0 bridgehead atoms. The molecule has 1 amide bonds. The highest BCUT2D eigenvalue weighted by Gasteiger charge is 2.13. The van der Waals surface area contributed by atoms with Crippen molar-refractivity contribution in [2.75, 3.05) is 13.3 Å². The molecular formula is C15H14N2O4. The van der Waals surface area contributed by atoms with Gasteiger partial charge in [-0.05, 0) is 36.2 Å². The number of aromatic nitrogens is 1. The molecule has 0 atom stereocenters. The van der Waals surface area contributed by atoms with Gasteiger partial charge in [-0.3, -0.25) is 9.59 Å². The predicted molar refractivity (Wildman–Crippen MR) is 75.7 cm³/mol. The minimum absolute atomic E-state index is 0.114. The summed E-state index contributed by atoms with van der Waals surface area (Å²) in [6, 6.07) is 8.78. The normalized spacial score (nSPS) is 12.2. The van der Waals surface area contributed by atoms with Gasteiger partial charge in [0, 0.05) is 12.7 Å². The SMILES string of the molecule is O=C(NCCc1ccc2c(c1)OCO2)c1ccc[nH]c1=O. The first kappa shape index (κ1) is 13.2. The average molecular weight is 286 g/mol. The third-order valence-electron chi connectivity index (χ3n) is 3.20. The van der Waals surface area contributed by atoms with Crippen molar-refractivity contribution in [3.8, 4) is 11.5 Å². The molecule has 0 saturated carbocycles. The first-order valence-corrected chi connectivity index (χ1v) is 6.58. The van der Waals surface area contributed by atoms with Gasteiger partial charge in [-0.15, -0.1) is 0 Å². The minimum atomic E-state index is -0.391. The molecule has 6 heteroatoms. The van der Waals surface area contributed by atoms with Gasteiger partial charge in [0.05, 0.1) is 0 Å². The Balaban J connectivity index is 1.58. The quantitative estimate of drug-likeness (QED) is 0.881. The average Bonchev–Trinajstić information content (AvgIpc) is 2.95. The molecule has 0 radical (unpaired) electrons. The number of rotatable bonds is 4. The highest BCUT2D eigenvalue weighted by molar-refractivity contribution is 5.93. The van der Waals surface area contributed by atoms with Crippen LogP contribution in [0.5, 0.6) is 11.5 Å². The molecule has 0 unspecified atom stereocenters.